The van der Waals surface area contributed by atoms with Gasteiger partial charge in [-0.25, -0.2) is 0 Å². The van der Waals surface area contributed by atoms with E-state index in [1.807, 2.05) is 12.2 Å². The molecule has 2 saturated carbocycles. The second kappa shape index (κ2) is 6.93. The lowest BCUT2D eigenvalue weighted by molar-refractivity contribution is -0.118. The third-order valence-electron chi connectivity index (χ3n) is 5.29. The zero-order valence-corrected chi connectivity index (χ0v) is 13.5. The van der Waals surface area contributed by atoms with Crippen LogP contribution in [0.4, 0.5) is 0 Å². The molecule has 0 bridgehead atoms. The summed E-state index contributed by atoms with van der Waals surface area (Å²) in [4.78, 5) is 12.0. The number of carbonyl (C=O) groups is 1. The molecule has 2 aliphatic rings. The highest BCUT2D eigenvalue weighted by Crippen LogP contribution is 2.48. The van der Waals surface area contributed by atoms with Gasteiger partial charge in [-0.2, -0.15) is 0 Å². The Balaban J connectivity index is 1.99. The number of ketones is 1. The average Bonchev–Trinajstić information content (AvgIpc) is 2.94. The van der Waals surface area contributed by atoms with Gasteiger partial charge in [-0.15, -0.1) is 6.58 Å². The zero-order chi connectivity index (χ0) is 16.3. The molecule has 0 amide bonds. The number of hydrogen-bond acceptors (Lipinski definition) is 3. The van der Waals surface area contributed by atoms with E-state index < -0.39 is 11.7 Å². The first-order valence-corrected chi connectivity index (χ1v) is 8.34. The first-order chi connectivity index (χ1) is 10.4. The van der Waals surface area contributed by atoms with E-state index in [9.17, 15) is 15.0 Å². The van der Waals surface area contributed by atoms with Gasteiger partial charge in [-0.3, -0.25) is 4.79 Å². The normalized spacial score (nSPS) is 34.1. The van der Waals surface area contributed by atoms with Crippen LogP contribution in [0.1, 0.15) is 45.4 Å². The highest BCUT2D eigenvalue weighted by atomic mass is 16.3. The minimum absolute atomic E-state index is 0.00607. The van der Waals surface area contributed by atoms with E-state index in [1.165, 1.54) is 0 Å². The number of carbonyl (C=O) groups excluding carboxylic acids is 1. The average molecular weight is 304 g/mol. The predicted octanol–water partition coefficient (Wildman–Crippen LogP) is 3.18. The summed E-state index contributed by atoms with van der Waals surface area (Å²) in [6, 6.07) is 0. The Morgan fingerprint density at radius 3 is 2.82 bits per heavy atom. The van der Waals surface area contributed by atoms with E-state index in [0.717, 1.165) is 12.8 Å². The Labute approximate surface area is 133 Å². The van der Waals surface area contributed by atoms with Crippen molar-refractivity contribution in [3.05, 3.63) is 37.0 Å². The number of allylic oxidation sites excluding steroid dienone is 1. The van der Waals surface area contributed by atoms with Crippen molar-refractivity contribution in [1.29, 1.82) is 0 Å². The monoisotopic (exact) mass is 304 g/mol. The molecule has 22 heavy (non-hydrogen) atoms. The molecule has 5 atom stereocenters. The van der Waals surface area contributed by atoms with Crippen LogP contribution < -0.4 is 0 Å². The number of hydrogen-bond donors (Lipinski definition) is 2. The van der Waals surface area contributed by atoms with Gasteiger partial charge in [0.05, 0.1) is 11.7 Å². The van der Waals surface area contributed by atoms with Gasteiger partial charge in [0.15, 0.2) is 5.78 Å². The first-order valence-electron chi connectivity index (χ1n) is 8.34. The van der Waals surface area contributed by atoms with Gasteiger partial charge >= 0.3 is 0 Å². The Morgan fingerprint density at radius 1 is 1.45 bits per heavy atom. The molecule has 0 radical (unpaired) electrons. The Hall–Kier alpha value is -1.19. The quantitative estimate of drug-likeness (QED) is 0.561. The SMILES string of the molecule is C=CC(O)(CC=C[C@H]1[C@@H]2CC(=C)C(=O)[C@H]2C[C@H]1O)CCCC. The molecule has 2 N–H and O–H groups in total. The largest absolute Gasteiger partial charge is 0.392 e. The van der Waals surface area contributed by atoms with Crippen molar-refractivity contribution < 1.29 is 15.0 Å². The van der Waals surface area contributed by atoms with Gasteiger partial charge in [0.1, 0.15) is 0 Å². The molecular formula is C19H28O3. The van der Waals surface area contributed by atoms with Crippen LogP contribution in [0.25, 0.3) is 0 Å². The molecule has 0 saturated heterocycles. The molecule has 122 valence electrons. The maximum Gasteiger partial charge on any atom is 0.161 e. The van der Waals surface area contributed by atoms with Crippen molar-refractivity contribution >= 4 is 5.78 Å². The van der Waals surface area contributed by atoms with Crippen LogP contribution in [0.2, 0.25) is 0 Å². The minimum atomic E-state index is -0.870. The minimum Gasteiger partial charge on any atom is -0.392 e. The number of fused-ring (bicyclic) bond motifs is 1. The highest BCUT2D eigenvalue weighted by molar-refractivity contribution is 5.99. The summed E-state index contributed by atoms with van der Waals surface area (Å²) in [5.74, 6) is 0.244. The van der Waals surface area contributed by atoms with Gasteiger partial charge < -0.3 is 10.2 Å². The number of aliphatic hydroxyl groups excluding tert-OH is 1. The maximum atomic E-state index is 12.0. The van der Waals surface area contributed by atoms with Gasteiger partial charge in [0, 0.05) is 11.8 Å². The highest BCUT2D eigenvalue weighted by Gasteiger charge is 2.49. The van der Waals surface area contributed by atoms with Crippen molar-refractivity contribution in [1.82, 2.24) is 0 Å². The molecular weight excluding hydrogens is 276 g/mol. The van der Waals surface area contributed by atoms with E-state index in [0.29, 0.717) is 31.3 Å². The van der Waals surface area contributed by atoms with Gasteiger partial charge in [0.25, 0.3) is 0 Å². The fourth-order valence-electron chi connectivity index (χ4n) is 3.84. The molecule has 1 unspecified atom stereocenters. The van der Waals surface area contributed by atoms with Crippen LogP contribution in [-0.2, 0) is 4.79 Å². The standard InChI is InChI=1S/C19H28O3/c1-4-6-9-19(22,5-2)10-7-8-14-15-11-13(3)18(21)16(15)12-17(14)20/h5,7-8,14-17,20,22H,2-4,6,9-12H2,1H3/t14-,15-,16-,17+,19?/m0/s1. The summed E-state index contributed by atoms with van der Waals surface area (Å²) in [7, 11) is 0. The predicted molar refractivity (Wildman–Crippen MR) is 88.3 cm³/mol. The fraction of sp³-hybridized carbons (Fsp3) is 0.632. The van der Waals surface area contributed by atoms with Crippen molar-refractivity contribution in [2.24, 2.45) is 17.8 Å². The van der Waals surface area contributed by atoms with Crippen LogP contribution in [0, 0.1) is 17.8 Å². The molecule has 0 aliphatic heterocycles. The van der Waals surface area contributed by atoms with Crippen LogP contribution in [0.3, 0.4) is 0 Å². The Kier molecular flexibility index (Phi) is 5.41. The summed E-state index contributed by atoms with van der Waals surface area (Å²) in [5.41, 5.74) is -0.171. The summed E-state index contributed by atoms with van der Waals surface area (Å²) in [5, 5.41) is 20.7. The van der Waals surface area contributed by atoms with E-state index in [-0.39, 0.29) is 23.5 Å². The molecule has 0 heterocycles. The molecule has 3 nitrogen and oxygen atoms in total. The molecule has 0 aromatic rings. The topological polar surface area (TPSA) is 57.5 Å². The molecule has 0 aromatic carbocycles. The number of unbranched alkanes of at least 4 members (excludes halogenated alkanes) is 1. The molecule has 3 heteroatoms. The molecule has 0 spiro atoms. The molecule has 2 rings (SSSR count). The van der Waals surface area contributed by atoms with E-state index in [4.69, 9.17) is 0 Å². The lowest BCUT2D eigenvalue weighted by atomic mass is 9.88. The summed E-state index contributed by atoms with van der Waals surface area (Å²) < 4.78 is 0. The number of rotatable bonds is 7. The van der Waals surface area contributed by atoms with Gasteiger partial charge in [0.2, 0.25) is 0 Å². The summed E-state index contributed by atoms with van der Waals surface area (Å²) in [6.07, 6.45) is 9.52. The van der Waals surface area contributed by atoms with Crippen molar-refractivity contribution in [3.63, 3.8) is 0 Å². The smallest absolute Gasteiger partial charge is 0.161 e. The maximum absolute atomic E-state index is 12.0. The van der Waals surface area contributed by atoms with Crippen LogP contribution >= 0.6 is 0 Å². The lowest BCUT2D eigenvalue weighted by Gasteiger charge is -2.23. The van der Waals surface area contributed by atoms with Crippen LogP contribution in [0.15, 0.2) is 37.0 Å². The van der Waals surface area contributed by atoms with E-state index in [2.05, 4.69) is 20.1 Å². The van der Waals surface area contributed by atoms with Crippen molar-refractivity contribution in [3.8, 4) is 0 Å². The van der Waals surface area contributed by atoms with Gasteiger partial charge in [-0.05, 0) is 37.2 Å². The summed E-state index contributed by atoms with van der Waals surface area (Å²) in [6.45, 7) is 9.67. The zero-order valence-electron chi connectivity index (χ0n) is 13.5. The number of Topliss-reactive ketones (excluding diaryl/α,β-unsaturated/α-hetero) is 1. The Bertz CT molecular complexity index is 479. The van der Waals surface area contributed by atoms with E-state index >= 15 is 0 Å². The summed E-state index contributed by atoms with van der Waals surface area (Å²) >= 11 is 0. The Morgan fingerprint density at radius 2 is 2.18 bits per heavy atom. The second-order valence-electron chi connectivity index (χ2n) is 6.87. The van der Waals surface area contributed by atoms with Crippen molar-refractivity contribution in [2.45, 2.75) is 57.2 Å². The first kappa shape index (κ1) is 17.2. The van der Waals surface area contributed by atoms with E-state index in [1.54, 1.807) is 6.08 Å². The van der Waals surface area contributed by atoms with Crippen LogP contribution in [-0.4, -0.2) is 27.7 Å². The number of aliphatic hydroxyl groups is 2. The van der Waals surface area contributed by atoms with Gasteiger partial charge in [-0.1, -0.05) is 44.6 Å². The third-order valence-corrected chi connectivity index (χ3v) is 5.29. The molecule has 2 fully saturated rings. The van der Waals surface area contributed by atoms with Crippen LogP contribution in [0.5, 0.6) is 0 Å². The fourth-order valence-corrected chi connectivity index (χ4v) is 3.84. The molecule has 2 aliphatic carbocycles. The third kappa shape index (κ3) is 3.41. The lowest BCUT2D eigenvalue weighted by Crippen LogP contribution is -2.24. The second-order valence-corrected chi connectivity index (χ2v) is 6.87. The molecule has 0 aromatic heterocycles. The van der Waals surface area contributed by atoms with Crippen molar-refractivity contribution in [2.75, 3.05) is 0 Å².